The van der Waals surface area contributed by atoms with E-state index in [4.69, 9.17) is 10.5 Å². The molecule has 0 aliphatic heterocycles. The Labute approximate surface area is 126 Å². The predicted molar refractivity (Wildman–Crippen MR) is 73.4 cm³/mol. The summed E-state index contributed by atoms with van der Waals surface area (Å²) in [4.78, 5) is 11.6. The number of rotatable bonds is 7. The highest BCUT2D eigenvalue weighted by molar-refractivity contribution is 5.91. The SMILES string of the molecule is COC(CN)CC(=O)Nc1ccc(OC(F)F)c(F)c1.Cl. The van der Waals surface area contributed by atoms with Crippen LogP contribution in [0.4, 0.5) is 18.9 Å². The summed E-state index contributed by atoms with van der Waals surface area (Å²) in [5.41, 5.74) is 5.49. The number of carbonyl (C=O) groups excluding carboxylic acids is 1. The van der Waals surface area contributed by atoms with Gasteiger partial charge in [0, 0.05) is 25.4 Å². The molecule has 0 bridgehead atoms. The second-order valence-electron chi connectivity index (χ2n) is 3.87. The number of benzene rings is 1. The first-order valence-corrected chi connectivity index (χ1v) is 5.73. The summed E-state index contributed by atoms with van der Waals surface area (Å²) in [5, 5.41) is 2.40. The number of alkyl halides is 2. The van der Waals surface area contributed by atoms with Gasteiger partial charge in [-0.15, -0.1) is 12.4 Å². The van der Waals surface area contributed by atoms with Crippen LogP contribution >= 0.6 is 12.4 Å². The summed E-state index contributed by atoms with van der Waals surface area (Å²) in [6.45, 7) is -2.95. The Morgan fingerprint density at radius 3 is 2.57 bits per heavy atom. The van der Waals surface area contributed by atoms with Crippen LogP contribution < -0.4 is 15.8 Å². The minimum absolute atomic E-state index is 0. The van der Waals surface area contributed by atoms with E-state index in [9.17, 15) is 18.0 Å². The van der Waals surface area contributed by atoms with E-state index in [2.05, 4.69) is 10.1 Å². The normalized spacial score (nSPS) is 11.7. The Hall–Kier alpha value is -1.51. The van der Waals surface area contributed by atoms with Gasteiger partial charge in [-0.2, -0.15) is 8.78 Å². The molecule has 1 aromatic rings. The molecule has 3 N–H and O–H groups in total. The van der Waals surface area contributed by atoms with Crippen LogP contribution in [0.15, 0.2) is 18.2 Å². The van der Waals surface area contributed by atoms with E-state index in [1.54, 1.807) is 0 Å². The smallest absolute Gasteiger partial charge is 0.387 e. The fourth-order valence-electron chi connectivity index (χ4n) is 1.45. The van der Waals surface area contributed by atoms with E-state index < -0.39 is 30.2 Å². The van der Waals surface area contributed by atoms with Crippen molar-refractivity contribution in [3.8, 4) is 5.75 Å². The molecule has 0 aromatic heterocycles. The van der Waals surface area contributed by atoms with Crippen molar-refractivity contribution in [2.45, 2.75) is 19.1 Å². The van der Waals surface area contributed by atoms with E-state index >= 15 is 0 Å². The molecule has 1 amide bonds. The number of nitrogens with two attached hydrogens (primary N) is 1. The highest BCUT2D eigenvalue weighted by Gasteiger charge is 2.14. The molecule has 0 saturated heterocycles. The summed E-state index contributed by atoms with van der Waals surface area (Å²) in [5.74, 6) is -2.01. The molecule has 0 aliphatic carbocycles. The number of nitrogens with one attached hydrogen (secondary N) is 1. The molecular formula is C12H16ClF3N2O3. The molecule has 1 rings (SSSR count). The van der Waals surface area contributed by atoms with Crippen molar-refractivity contribution in [2.24, 2.45) is 5.73 Å². The van der Waals surface area contributed by atoms with Gasteiger partial charge >= 0.3 is 6.61 Å². The Bertz CT molecular complexity index is 459. The lowest BCUT2D eigenvalue weighted by Gasteiger charge is -2.13. The quantitative estimate of drug-likeness (QED) is 0.804. The van der Waals surface area contributed by atoms with Gasteiger partial charge in [-0.1, -0.05) is 0 Å². The second kappa shape index (κ2) is 9.43. The standard InChI is InChI=1S/C12H15F3N2O3.ClH/c1-19-8(6-16)5-11(18)17-7-2-3-10(9(13)4-7)20-12(14)15;/h2-4,8,12H,5-6,16H2,1H3,(H,17,18);1H. The third-order valence-corrected chi connectivity index (χ3v) is 2.44. The number of hydrogen-bond acceptors (Lipinski definition) is 4. The van der Waals surface area contributed by atoms with Crippen molar-refractivity contribution < 1.29 is 27.4 Å². The van der Waals surface area contributed by atoms with Gasteiger partial charge in [-0.3, -0.25) is 4.79 Å². The molecule has 0 heterocycles. The molecule has 0 fully saturated rings. The molecule has 120 valence electrons. The van der Waals surface area contributed by atoms with Crippen molar-refractivity contribution in [2.75, 3.05) is 19.0 Å². The lowest BCUT2D eigenvalue weighted by atomic mass is 10.2. The lowest BCUT2D eigenvalue weighted by molar-refractivity contribution is -0.118. The number of carbonyl (C=O) groups is 1. The molecule has 5 nitrogen and oxygen atoms in total. The van der Waals surface area contributed by atoms with E-state index in [-0.39, 0.29) is 31.1 Å². The monoisotopic (exact) mass is 328 g/mol. The maximum Gasteiger partial charge on any atom is 0.387 e. The van der Waals surface area contributed by atoms with Gasteiger partial charge in [0.2, 0.25) is 5.91 Å². The molecular weight excluding hydrogens is 313 g/mol. The fraction of sp³-hybridized carbons (Fsp3) is 0.417. The summed E-state index contributed by atoms with van der Waals surface area (Å²) in [6.07, 6.45) is -0.439. The predicted octanol–water partition coefficient (Wildman–Crippen LogP) is 2.15. The number of anilines is 1. The van der Waals surface area contributed by atoms with E-state index in [1.807, 2.05) is 0 Å². The van der Waals surface area contributed by atoms with Crippen LogP contribution in [0, 0.1) is 5.82 Å². The fourth-order valence-corrected chi connectivity index (χ4v) is 1.45. The lowest BCUT2D eigenvalue weighted by Crippen LogP contribution is -2.28. The number of hydrogen-bond donors (Lipinski definition) is 2. The van der Waals surface area contributed by atoms with E-state index in [0.717, 1.165) is 12.1 Å². The summed E-state index contributed by atoms with van der Waals surface area (Å²) >= 11 is 0. The molecule has 0 aliphatic rings. The molecule has 0 radical (unpaired) electrons. The molecule has 0 saturated carbocycles. The van der Waals surface area contributed by atoms with Crippen LogP contribution in [0.5, 0.6) is 5.75 Å². The zero-order chi connectivity index (χ0) is 15.1. The third-order valence-electron chi connectivity index (χ3n) is 2.44. The molecule has 1 unspecified atom stereocenters. The van der Waals surface area contributed by atoms with Gasteiger partial charge < -0.3 is 20.5 Å². The Kier molecular flexibility index (Phi) is 8.75. The molecule has 21 heavy (non-hydrogen) atoms. The number of halogens is 4. The first kappa shape index (κ1) is 19.5. The topological polar surface area (TPSA) is 73.6 Å². The van der Waals surface area contributed by atoms with Gasteiger partial charge in [0.25, 0.3) is 0 Å². The number of methoxy groups -OCH3 is 1. The zero-order valence-corrected chi connectivity index (χ0v) is 12.0. The highest BCUT2D eigenvalue weighted by atomic mass is 35.5. The first-order chi connectivity index (χ1) is 9.46. The van der Waals surface area contributed by atoms with Crippen LogP contribution in [0.1, 0.15) is 6.42 Å². The van der Waals surface area contributed by atoms with Crippen LogP contribution in [0.3, 0.4) is 0 Å². The van der Waals surface area contributed by atoms with Gasteiger partial charge in [0.05, 0.1) is 12.5 Å². The molecule has 1 atom stereocenters. The average molecular weight is 329 g/mol. The van der Waals surface area contributed by atoms with E-state index in [0.29, 0.717) is 0 Å². The Morgan fingerprint density at radius 2 is 2.10 bits per heavy atom. The van der Waals surface area contributed by atoms with Gasteiger partial charge in [0.15, 0.2) is 11.6 Å². The summed E-state index contributed by atoms with van der Waals surface area (Å²) < 4.78 is 46.2. The van der Waals surface area contributed by atoms with Crippen molar-refractivity contribution in [3.63, 3.8) is 0 Å². The number of amides is 1. The third kappa shape index (κ3) is 6.65. The van der Waals surface area contributed by atoms with Gasteiger partial charge in [-0.05, 0) is 12.1 Å². The first-order valence-electron chi connectivity index (χ1n) is 5.73. The van der Waals surface area contributed by atoms with Crippen molar-refractivity contribution in [3.05, 3.63) is 24.0 Å². The van der Waals surface area contributed by atoms with Crippen molar-refractivity contribution >= 4 is 24.0 Å². The second-order valence-corrected chi connectivity index (χ2v) is 3.87. The largest absolute Gasteiger partial charge is 0.432 e. The van der Waals surface area contributed by atoms with Gasteiger partial charge in [0.1, 0.15) is 0 Å². The maximum atomic E-state index is 13.4. The van der Waals surface area contributed by atoms with Crippen molar-refractivity contribution in [1.29, 1.82) is 0 Å². The maximum absolute atomic E-state index is 13.4. The van der Waals surface area contributed by atoms with Gasteiger partial charge in [-0.25, -0.2) is 4.39 Å². The Morgan fingerprint density at radius 1 is 1.43 bits per heavy atom. The summed E-state index contributed by atoms with van der Waals surface area (Å²) in [7, 11) is 1.42. The van der Waals surface area contributed by atoms with Crippen LogP contribution in [-0.4, -0.2) is 32.3 Å². The van der Waals surface area contributed by atoms with Crippen LogP contribution in [0.2, 0.25) is 0 Å². The minimum Gasteiger partial charge on any atom is -0.432 e. The highest BCUT2D eigenvalue weighted by Crippen LogP contribution is 2.22. The molecule has 9 heteroatoms. The average Bonchev–Trinajstić information content (AvgIpc) is 2.38. The van der Waals surface area contributed by atoms with E-state index in [1.165, 1.54) is 13.2 Å². The van der Waals surface area contributed by atoms with Crippen LogP contribution in [-0.2, 0) is 9.53 Å². The molecule has 0 spiro atoms. The van der Waals surface area contributed by atoms with Crippen LogP contribution in [0.25, 0.3) is 0 Å². The molecule has 1 aromatic carbocycles. The summed E-state index contributed by atoms with van der Waals surface area (Å²) in [6, 6.07) is 3.15. The zero-order valence-electron chi connectivity index (χ0n) is 11.1. The van der Waals surface area contributed by atoms with Crippen molar-refractivity contribution in [1.82, 2.24) is 0 Å². The Balaban J connectivity index is 0.00000400. The number of ether oxygens (including phenoxy) is 2. The minimum atomic E-state index is -3.11.